The van der Waals surface area contributed by atoms with E-state index in [1.165, 1.54) is 23.0 Å². The smallest absolute Gasteiger partial charge is 0.270 e. The summed E-state index contributed by atoms with van der Waals surface area (Å²) in [7, 11) is 0. The normalized spacial score (nSPS) is 17.6. The van der Waals surface area contributed by atoms with Crippen molar-refractivity contribution in [3.63, 3.8) is 0 Å². The van der Waals surface area contributed by atoms with Crippen LogP contribution in [0.5, 0.6) is 0 Å². The van der Waals surface area contributed by atoms with E-state index in [0.29, 0.717) is 29.7 Å². The molecule has 0 atom stereocenters. The highest BCUT2D eigenvalue weighted by molar-refractivity contribution is 5.98. The van der Waals surface area contributed by atoms with Crippen LogP contribution in [-0.4, -0.2) is 48.1 Å². The lowest BCUT2D eigenvalue weighted by molar-refractivity contribution is 0.0934. The van der Waals surface area contributed by atoms with E-state index in [4.69, 9.17) is 4.52 Å². The number of hydrogen-bond acceptors (Lipinski definition) is 8. The molecule has 5 rings (SSSR count). The fourth-order valence-corrected chi connectivity index (χ4v) is 4.60. The van der Waals surface area contributed by atoms with Crippen LogP contribution in [0.1, 0.15) is 75.4 Å². The molecule has 2 amide bonds. The molecule has 0 unspecified atom stereocenters. The van der Waals surface area contributed by atoms with Crippen LogP contribution in [0, 0.1) is 25.6 Å². The number of carbonyl (C=O) groups excluding carboxylic acids is 2. The lowest BCUT2D eigenvalue weighted by Gasteiger charge is -2.26. The first-order valence-corrected chi connectivity index (χ1v) is 12.2. The number of nitrogens with one attached hydrogen (secondary N) is 2. The van der Waals surface area contributed by atoms with Gasteiger partial charge in [-0.2, -0.15) is 19.6 Å². The maximum absolute atomic E-state index is 13.5. The Labute approximate surface area is 211 Å². The lowest BCUT2D eigenvalue weighted by Crippen LogP contribution is -2.33. The maximum atomic E-state index is 13.5. The van der Waals surface area contributed by atoms with Gasteiger partial charge in [0, 0.05) is 25.1 Å². The Hall–Kier alpha value is -4.22. The molecule has 0 aliphatic heterocycles. The van der Waals surface area contributed by atoms with Crippen molar-refractivity contribution in [1.82, 2.24) is 40.4 Å². The van der Waals surface area contributed by atoms with Crippen LogP contribution in [0.15, 0.2) is 35.1 Å². The zero-order valence-electron chi connectivity index (χ0n) is 20.6. The average molecular weight is 507 g/mol. The molecule has 1 saturated carbocycles. The predicted octanol–water partition coefficient (Wildman–Crippen LogP) is 2.90. The minimum atomic E-state index is -0.476. The van der Waals surface area contributed by atoms with Crippen molar-refractivity contribution in [3.8, 4) is 0 Å². The Bertz CT molecular complexity index is 1440. The minimum absolute atomic E-state index is 0.0415. The second kappa shape index (κ2) is 10.4. The van der Waals surface area contributed by atoms with Crippen molar-refractivity contribution in [2.24, 2.45) is 5.92 Å². The summed E-state index contributed by atoms with van der Waals surface area (Å²) >= 11 is 0. The van der Waals surface area contributed by atoms with Gasteiger partial charge in [-0.1, -0.05) is 17.3 Å². The Morgan fingerprint density at radius 1 is 1.08 bits per heavy atom. The molecule has 192 valence electrons. The predicted molar refractivity (Wildman–Crippen MR) is 129 cm³/mol. The zero-order chi connectivity index (χ0) is 25.9. The standard InChI is InChI=1S/C25H27FN8O3/c1-14-9-17(5-8-19(14)26)12-27-22(35)20-10-21(34-25(32-20)29-13-30-34)23(36)28-11-16-3-6-18(7-4-16)24-31-15(2)33-37-24/h5,8-10,13,16,18H,3-4,6-7,11-12H2,1-2H3,(H,27,35)(H,28,36)/t16-,18-. The highest BCUT2D eigenvalue weighted by Crippen LogP contribution is 2.34. The number of benzene rings is 1. The monoisotopic (exact) mass is 506 g/mol. The van der Waals surface area contributed by atoms with Crippen molar-refractivity contribution in [2.75, 3.05) is 6.54 Å². The van der Waals surface area contributed by atoms with Gasteiger partial charge in [0.15, 0.2) is 5.82 Å². The molecular weight excluding hydrogens is 479 g/mol. The molecule has 37 heavy (non-hydrogen) atoms. The van der Waals surface area contributed by atoms with Gasteiger partial charge in [-0.15, -0.1) is 0 Å². The van der Waals surface area contributed by atoms with Gasteiger partial charge in [0.25, 0.3) is 17.6 Å². The van der Waals surface area contributed by atoms with Crippen LogP contribution < -0.4 is 10.6 Å². The second-order valence-corrected chi connectivity index (χ2v) is 9.37. The Morgan fingerprint density at radius 2 is 1.89 bits per heavy atom. The molecule has 3 heterocycles. The zero-order valence-corrected chi connectivity index (χ0v) is 20.6. The quantitative estimate of drug-likeness (QED) is 0.390. The van der Waals surface area contributed by atoms with Crippen molar-refractivity contribution in [2.45, 2.75) is 52.0 Å². The third kappa shape index (κ3) is 5.47. The van der Waals surface area contributed by atoms with Crippen LogP contribution >= 0.6 is 0 Å². The third-order valence-electron chi connectivity index (χ3n) is 6.68. The van der Waals surface area contributed by atoms with Gasteiger partial charge in [-0.05, 0) is 62.6 Å². The first-order valence-electron chi connectivity index (χ1n) is 12.2. The lowest BCUT2D eigenvalue weighted by atomic mass is 9.82. The highest BCUT2D eigenvalue weighted by atomic mass is 19.1. The summed E-state index contributed by atoms with van der Waals surface area (Å²) in [6, 6.07) is 6.03. The van der Waals surface area contributed by atoms with Crippen LogP contribution in [0.2, 0.25) is 0 Å². The molecule has 1 aromatic carbocycles. The van der Waals surface area contributed by atoms with E-state index in [9.17, 15) is 14.0 Å². The van der Waals surface area contributed by atoms with Gasteiger partial charge < -0.3 is 15.2 Å². The fraction of sp³-hybridized carbons (Fsp3) is 0.400. The highest BCUT2D eigenvalue weighted by Gasteiger charge is 2.27. The van der Waals surface area contributed by atoms with Gasteiger partial charge in [0.2, 0.25) is 5.89 Å². The summed E-state index contributed by atoms with van der Waals surface area (Å²) in [5, 5.41) is 13.7. The molecule has 12 heteroatoms. The van der Waals surface area contributed by atoms with E-state index >= 15 is 0 Å². The summed E-state index contributed by atoms with van der Waals surface area (Å²) in [5.41, 5.74) is 1.45. The van der Waals surface area contributed by atoms with Gasteiger partial charge in [-0.25, -0.2) is 9.37 Å². The molecule has 0 radical (unpaired) electrons. The molecule has 1 fully saturated rings. The summed E-state index contributed by atoms with van der Waals surface area (Å²) in [6.45, 7) is 4.15. The van der Waals surface area contributed by atoms with E-state index < -0.39 is 5.91 Å². The Kier molecular flexibility index (Phi) is 6.89. The van der Waals surface area contributed by atoms with Crippen molar-refractivity contribution < 1.29 is 18.5 Å². The molecule has 2 N–H and O–H groups in total. The van der Waals surface area contributed by atoms with E-state index in [1.54, 1.807) is 26.0 Å². The Balaban J connectivity index is 1.21. The van der Waals surface area contributed by atoms with Gasteiger partial charge in [-0.3, -0.25) is 9.59 Å². The SMILES string of the molecule is Cc1noc([C@H]2CC[C@H](CNC(=O)c3cc(C(=O)NCc4ccc(F)c(C)c4)nc4ncnn34)CC2)n1. The largest absolute Gasteiger partial charge is 0.350 e. The van der Waals surface area contributed by atoms with Crippen LogP contribution in [0.25, 0.3) is 5.78 Å². The summed E-state index contributed by atoms with van der Waals surface area (Å²) in [5.74, 6) is 0.894. The molecule has 1 aliphatic carbocycles. The van der Waals surface area contributed by atoms with E-state index in [-0.39, 0.29) is 41.4 Å². The number of halogens is 1. The first kappa shape index (κ1) is 24.5. The van der Waals surface area contributed by atoms with Crippen LogP contribution in [0.4, 0.5) is 4.39 Å². The number of rotatable bonds is 7. The van der Waals surface area contributed by atoms with Crippen molar-refractivity contribution in [1.29, 1.82) is 0 Å². The number of hydrogen-bond donors (Lipinski definition) is 2. The van der Waals surface area contributed by atoms with Crippen molar-refractivity contribution >= 4 is 17.6 Å². The number of aromatic nitrogens is 6. The topological polar surface area (TPSA) is 140 Å². The molecule has 4 aromatic rings. The van der Waals surface area contributed by atoms with E-state index in [0.717, 1.165) is 31.2 Å². The molecular formula is C25H27FN8O3. The molecule has 0 saturated heterocycles. The van der Waals surface area contributed by atoms with Gasteiger partial charge in [0.05, 0.1) is 0 Å². The van der Waals surface area contributed by atoms with Crippen LogP contribution in [-0.2, 0) is 6.54 Å². The second-order valence-electron chi connectivity index (χ2n) is 9.37. The van der Waals surface area contributed by atoms with Gasteiger partial charge in [0.1, 0.15) is 23.5 Å². The number of fused-ring (bicyclic) bond motifs is 1. The van der Waals surface area contributed by atoms with E-state index in [1.807, 2.05) is 0 Å². The number of carbonyl (C=O) groups is 2. The Morgan fingerprint density at radius 3 is 2.62 bits per heavy atom. The number of amides is 2. The molecule has 0 bridgehead atoms. The molecule has 3 aromatic heterocycles. The van der Waals surface area contributed by atoms with Crippen molar-refractivity contribution in [3.05, 3.63) is 70.6 Å². The molecule has 1 aliphatic rings. The van der Waals surface area contributed by atoms with E-state index in [2.05, 4.69) is 35.8 Å². The number of nitrogens with zero attached hydrogens (tertiary/aromatic N) is 6. The van der Waals surface area contributed by atoms with Crippen LogP contribution in [0.3, 0.4) is 0 Å². The molecule has 0 spiro atoms. The summed E-state index contributed by atoms with van der Waals surface area (Å²) in [4.78, 5) is 38.5. The average Bonchev–Trinajstić information content (AvgIpc) is 3.56. The minimum Gasteiger partial charge on any atom is -0.350 e. The third-order valence-corrected chi connectivity index (χ3v) is 6.68. The first-order chi connectivity index (χ1) is 17.9. The number of aryl methyl sites for hydroxylation is 2. The van der Waals surface area contributed by atoms with Gasteiger partial charge >= 0.3 is 0 Å². The maximum Gasteiger partial charge on any atom is 0.270 e. The fourth-order valence-electron chi connectivity index (χ4n) is 4.60. The summed E-state index contributed by atoms with van der Waals surface area (Å²) in [6.07, 6.45) is 4.98. The molecule has 11 nitrogen and oxygen atoms in total. The summed E-state index contributed by atoms with van der Waals surface area (Å²) < 4.78 is 20.1.